The Morgan fingerprint density at radius 3 is 2.67 bits per heavy atom. The maximum absolute atomic E-state index is 13.6. The van der Waals surface area contributed by atoms with Crippen molar-refractivity contribution in [2.24, 2.45) is 41.4 Å². The molecule has 2 heterocycles. The number of aromatic nitrogens is 1. The summed E-state index contributed by atoms with van der Waals surface area (Å²) in [5.74, 6) is 0.846. The summed E-state index contributed by atoms with van der Waals surface area (Å²) in [6, 6.07) is 3.80. The van der Waals surface area contributed by atoms with Gasteiger partial charge in [-0.3, -0.25) is 9.59 Å². The highest BCUT2D eigenvalue weighted by Crippen LogP contribution is 2.49. The molecule has 0 radical (unpaired) electrons. The number of rotatable bonds is 9. The van der Waals surface area contributed by atoms with Crippen LogP contribution in [-0.2, 0) is 9.53 Å². The SMILES string of the molecule is CC/C(=C\C=C\[C@H]1C=C[C@H]2[C@@H](CC)CC[C@@H]2[C@H]1C(=O)c1ccc[nH]1)[C@@H]1O[C@@H]([C@@H](C)C(=O)O)CC[C@@H]1C. The van der Waals surface area contributed by atoms with Gasteiger partial charge in [-0.1, -0.05) is 57.6 Å². The van der Waals surface area contributed by atoms with Gasteiger partial charge in [-0.25, -0.2) is 0 Å². The fraction of sp³-hybridized carbons (Fsp3) is 0.613. The molecule has 1 saturated carbocycles. The zero-order valence-electron chi connectivity index (χ0n) is 22.2. The highest BCUT2D eigenvalue weighted by atomic mass is 16.5. The van der Waals surface area contributed by atoms with Crippen LogP contribution in [0.2, 0.25) is 0 Å². The van der Waals surface area contributed by atoms with Crippen molar-refractivity contribution in [3.05, 3.63) is 60.0 Å². The van der Waals surface area contributed by atoms with E-state index in [2.05, 4.69) is 56.1 Å². The van der Waals surface area contributed by atoms with Gasteiger partial charge in [0.25, 0.3) is 0 Å². The van der Waals surface area contributed by atoms with E-state index in [1.165, 1.54) is 18.4 Å². The number of aromatic amines is 1. The predicted molar refractivity (Wildman–Crippen MR) is 143 cm³/mol. The van der Waals surface area contributed by atoms with Gasteiger partial charge in [0.15, 0.2) is 5.78 Å². The smallest absolute Gasteiger partial charge is 0.308 e. The van der Waals surface area contributed by atoms with E-state index in [0.717, 1.165) is 25.7 Å². The van der Waals surface area contributed by atoms with Gasteiger partial charge in [0.1, 0.15) is 0 Å². The number of allylic oxidation sites excluding steroid dienone is 5. The third-order valence-corrected chi connectivity index (χ3v) is 9.14. The van der Waals surface area contributed by atoms with Crippen molar-refractivity contribution in [1.82, 2.24) is 4.98 Å². The number of Topliss-reactive ketones (excluding diaryl/α,β-unsaturated/α-hetero) is 1. The number of nitrogens with one attached hydrogen (secondary N) is 1. The molecule has 1 aromatic rings. The summed E-state index contributed by atoms with van der Waals surface area (Å²) >= 11 is 0. The van der Waals surface area contributed by atoms with Crippen molar-refractivity contribution < 1.29 is 19.4 Å². The summed E-state index contributed by atoms with van der Waals surface area (Å²) in [6.45, 7) is 8.33. The van der Waals surface area contributed by atoms with Crippen LogP contribution in [0.15, 0.2) is 54.3 Å². The molecule has 2 N–H and O–H groups in total. The minimum absolute atomic E-state index is 0.0458. The van der Waals surface area contributed by atoms with Gasteiger partial charge in [0.2, 0.25) is 0 Å². The average molecular weight is 494 g/mol. The van der Waals surface area contributed by atoms with Gasteiger partial charge < -0.3 is 14.8 Å². The normalized spacial score (nSPS) is 35.6. The summed E-state index contributed by atoms with van der Waals surface area (Å²) in [5, 5.41) is 9.46. The zero-order chi connectivity index (χ0) is 25.8. The van der Waals surface area contributed by atoms with E-state index >= 15 is 0 Å². The highest BCUT2D eigenvalue weighted by molar-refractivity contribution is 5.97. The van der Waals surface area contributed by atoms with Crippen molar-refractivity contribution in [1.29, 1.82) is 0 Å². The lowest BCUT2D eigenvalue weighted by atomic mass is 9.68. The second-order valence-corrected chi connectivity index (χ2v) is 11.2. The largest absolute Gasteiger partial charge is 0.481 e. The third-order valence-electron chi connectivity index (χ3n) is 9.14. The van der Waals surface area contributed by atoms with Gasteiger partial charge >= 0.3 is 5.97 Å². The van der Waals surface area contributed by atoms with Gasteiger partial charge in [0.05, 0.1) is 23.8 Å². The molecule has 36 heavy (non-hydrogen) atoms. The molecule has 0 bridgehead atoms. The van der Waals surface area contributed by atoms with Crippen LogP contribution in [0.25, 0.3) is 0 Å². The molecule has 0 aromatic carbocycles. The molecule has 196 valence electrons. The molecule has 3 aliphatic rings. The van der Waals surface area contributed by atoms with Crippen molar-refractivity contribution >= 4 is 11.8 Å². The summed E-state index contributed by atoms with van der Waals surface area (Å²) in [7, 11) is 0. The number of carbonyl (C=O) groups is 2. The summed E-state index contributed by atoms with van der Waals surface area (Å²) in [5.41, 5.74) is 1.90. The topological polar surface area (TPSA) is 79.4 Å². The maximum Gasteiger partial charge on any atom is 0.308 e. The number of hydrogen-bond acceptors (Lipinski definition) is 3. The first kappa shape index (κ1) is 26.7. The van der Waals surface area contributed by atoms with E-state index in [1.54, 1.807) is 6.92 Å². The number of fused-ring (bicyclic) bond motifs is 1. The summed E-state index contributed by atoms with van der Waals surface area (Å²) in [6.07, 6.45) is 18.7. The molecule has 5 nitrogen and oxygen atoms in total. The van der Waals surface area contributed by atoms with E-state index in [-0.39, 0.29) is 29.8 Å². The van der Waals surface area contributed by atoms with E-state index < -0.39 is 11.9 Å². The summed E-state index contributed by atoms with van der Waals surface area (Å²) < 4.78 is 6.35. The number of carboxylic acid groups (broad SMARTS) is 1. The first-order chi connectivity index (χ1) is 17.3. The lowest BCUT2D eigenvalue weighted by Gasteiger charge is -2.38. The standard InChI is InChI=1S/C31H43NO4/c1-5-21-13-16-25-24(21)15-14-23(28(25)29(33)26-11-8-18-32-26)10-7-9-22(6-2)30-19(3)12-17-27(36-30)20(4)31(34)35/h7-11,14-15,18-21,23-25,27-28,30,32H,5-6,12-13,16-17H2,1-4H3,(H,34,35)/b10-7+,22-9+/t19-,20+,21-,23-,24-,25-,27+,28-,30+/m0/s1. The molecule has 0 unspecified atom stereocenters. The lowest BCUT2D eigenvalue weighted by molar-refractivity contribution is -0.152. The Morgan fingerprint density at radius 1 is 1.19 bits per heavy atom. The van der Waals surface area contributed by atoms with Crippen LogP contribution in [0.3, 0.4) is 0 Å². The first-order valence-corrected chi connectivity index (χ1v) is 14.0. The minimum Gasteiger partial charge on any atom is -0.481 e. The molecule has 2 fully saturated rings. The van der Waals surface area contributed by atoms with E-state index in [0.29, 0.717) is 29.4 Å². The third kappa shape index (κ3) is 5.46. The molecule has 1 aliphatic heterocycles. The fourth-order valence-electron chi connectivity index (χ4n) is 6.88. The Bertz CT molecular complexity index is 990. The average Bonchev–Trinajstić information content (AvgIpc) is 3.56. The molecule has 0 spiro atoms. The zero-order valence-corrected chi connectivity index (χ0v) is 22.2. The molecule has 1 saturated heterocycles. The number of H-pyrrole nitrogens is 1. The number of carbonyl (C=O) groups excluding carboxylic acids is 1. The molecule has 4 rings (SSSR count). The number of carboxylic acids is 1. The molecular weight excluding hydrogens is 450 g/mol. The van der Waals surface area contributed by atoms with Crippen molar-refractivity contribution in [2.75, 3.05) is 0 Å². The van der Waals surface area contributed by atoms with E-state index in [1.807, 2.05) is 18.3 Å². The van der Waals surface area contributed by atoms with Crippen LogP contribution in [0, 0.1) is 41.4 Å². The van der Waals surface area contributed by atoms with Crippen LogP contribution in [-0.4, -0.2) is 34.1 Å². The van der Waals surface area contributed by atoms with Crippen molar-refractivity contribution in [3.8, 4) is 0 Å². The quantitative estimate of drug-likeness (QED) is 0.224. The second-order valence-electron chi connectivity index (χ2n) is 11.2. The van der Waals surface area contributed by atoms with E-state index in [9.17, 15) is 14.7 Å². The van der Waals surface area contributed by atoms with Crippen LogP contribution < -0.4 is 0 Å². The number of aliphatic carboxylic acids is 1. The van der Waals surface area contributed by atoms with Crippen LogP contribution in [0.4, 0.5) is 0 Å². The lowest BCUT2D eigenvalue weighted by Crippen LogP contribution is -2.40. The Hall–Kier alpha value is -2.40. The molecule has 0 amide bonds. The van der Waals surface area contributed by atoms with Gasteiger partial charge in [-0.2, -0.15) is 0 Å². The molecule has 1 aromatic heterocycles. The monoisotopic (exact) mass is 493 g/mol. The number of hydrogen-bond donors (Lipinski definition) is 2. The molecular formula is C31H43NO4. The van der Waals surface area contributed by atoms with Crippen molar-refractivity contribution in [2.45, 2.75) is 78.4 Å². The highest BCUT2D eigenvalue weighted by Gasteiger charge is 2.45. The first-order valence-electron chi connectivity index (χ1n) is 14.0. The van der Waals surface area contributed by atoms with Gasteiger partial charge in [-0.05, 0) is 80.4 Å². The van der Waals surface area contributed by atoms with Crippen LogP contribution in [0.5, 0.6) is 0 Å². The fourth-order valence-corrected chi connectivity index (χ4v) is 6.88. The number of ketones is 1. The minimum atomic E-state index is -0.799. The van der Waals surface area contributed by atoms with Crippen LogP contribution in [0.1, 0.15) is 76.7 Å². The Kier molecular flexibility index (Phi) is 8.71. The van der Waals surface area contributed by atoms with Crippen molar-refractivity contribution in [3.63, 3.8) is 0 Å². The Morgan fingerprint density at radius 2 is 2.00 bits per heavy atom. The second kappa shape index (κ2) is 11.8. The van der Waals surface area contributed by atoms with Crippen LogP contribution >= 0.6 is 0 Å². The maximum atomic E-state index is 13.6. The molecule has 5 heteroatoms. The Labute approximate surface area is 216 Å². The van der Waals surface area contributed by atoms with Gasteiger partial charge in [0, 0.05) is 18.0 Å². The van der Waals surface area contributed by atoms with E-state index in [4.69, 9.17) is 4.74 Å². The molecule has 9 atom stereocenters. The van der Waals surface area contributed by atoms with Gasteiger partial charge in [-0.15, -0.1) is 0 Å². The molecule has 2 aliphatic carbocycles. The number of ether oxygens (including phenoxy) is 1. The Balaban J connectivity index is 1.55. The predicted octanol–water partition coefficient (Wildman–Crippen LogP) is 6.85. The summed E-state index contributed by atoms with van der Waals surface area (Å²) in [4.78, 5) is 28.3.